The van der Waals surface area contributed by atoms with Crippen molar-refractivity contribution >= 4 is 11.6 Å². The fourth-order valence-corrected chi connectivity index (χ4v) is 2.77. The Morgan fingerprint density at radius 3 is 2.50 bits per heavy atom. The lowest BCUT2D eigenvalue weighted by Crippen LogP contribution is -2.21. The lowest BCUT2D eigenvalue weighted by molar-refractivity contribution is -0.117. The van der Waals surface area contributed by atoms with Crippen molar-refractivity contribution in [2.75, 3.05) is 5.32 Å². The van der Waals surface area contributed by atoms with Gasteiger partial charge in [0.2, 0.25) is 5.91 Å². The minimum Gasteiger partial charge on any atom is -0.433 e. The van der Waals surface area contributed by atoms with Crippen LogP contribution in [0.3, 0.4) is 0 Å². The summed E-state index contributed by atoms with van der Waals surface area (Å²) in [6.07, 6.45) is 0. The summed E-state index contributed by atoms with van der Waals surface area (Å²) in [7, 11) is 1.81. The van der Waals surface area contributed by atoms with Gasteiger partial charge in [-0.1, -0.05) is 12.1 Å². The number of para-hydroxylation sites is 1. The summed E-state index contributed by atoms with van der Waals surface area (Å²) in [6, 6.07) is 4.72. The summed E-state index contributed by atoms with van der Waals surface area (Å²) < 4.78 is 31.3. The molecular formula is C17H21F2N3O2. The average Bonchev–Trinajstić information content (AvgIpc) is 2.74. The first-order valence-corrected chi connectivity index (χ1v) is 7.57. The number of hydrogen-bond acceptors (Lipinski definition) is 3. The summed E-state index contributed by atoms with van der Waals surface area (Å²) in [4.78, 5) is 12.6. The molecule has 5 nitrogen and oxygen atoms in total. The summed E-state index contributed by atoms with van der Waals surface area (Å²) in [6.45, 7) is 4.25. The molecule has 0 aliphatic heterocycles. The quantitative estimate of drug-likeness (QED) is 0.905. The van der Waals surface area contributed by atoms with Crippen molar-refractivity contribution in [2.45, 2.75) is 40.2 Å². The van der Waals surface area contributed by atoms with Crippen molar-refractivity contribution in [1.82, 2.24) is 9.78 Å². The van der Waals surface area contributed by atoms with Crippen LogP contribution in [0.2, 0.25) is 0 Å². The molecule has 1 unspecified atom stereocenters. The van der Waals surface area contributed by atoms with Crippen LogP contribution in [-0.4, -0.2) is 22.3 Å². The Kier molecular flexibility index (Phi) is 5.21. The first kappa shape index (κ1) is 17.9. The molecule has 130 valence electrons. The Hall–Kier alpha value is -2.44. The Morgan fingerprint density at radius 1 is 1.29 bits per heavy atom. The summed E-state index contributed by atoms with van der Waals surface area (Å²) >= 11 is 0. The third-order valence-electron chi connectivity index (χ3n) is 4.09. The van der Waals surface area contributed by atoms with E-state index in [9.17, 15) is 13.6 Å². The molecule has 0 saturated carbocycles. The second kappa shape index (κ2) is 6.98. The highest BCUT2D eigenvalue weighted by atomic mass is 19.3. The number of nitrogens with zero attached hydrogens (tertiary/aromatic N) is 2. The van der Waals surface area contributed by atoms with Gasteiger partial charge in [0.1, 0.15) is 5.75 Å². The summed E-state index contributed by atoms with van der Waals surface area (Å²) in [5.41, 5.74) is 3.40. The Labute approximate surface area is 139 Å². The summed E-state index contributed by atoms with van der Waals surface area (Å²) in [5, 5.41) is 7.02. The van der Waals surface area contributed by atoms with Crippen LogP contribution >= 0.6 is 0 Å². The number of benzene rings is 1. The van der Waals surface area contributed by atoms with Crippen LogP contribution in [0.25, 0.3) is 0 Å². The number of amides is 1. The number of hydrogen-bond donors (Lipinski definition) is 1. The van der Waals surface area contributed by atoms with Crippen LogP contribution in [0.4, 0.5) is 14.5 Å². The first-order valence-electron chi connectivity index (χ1n) is 7.57. The molecule has 1 amide bonds. The maximum atomic E-state index is 12.6. The number of carbonyl (C=O) groups is 1. The summed E-state index contributed by atoms with van der Waals surface area (Å²) in [5.74, 6) is -0.828. The van der Waals surface area contributed by atoms with E-state index in [-0.39, 0.29) is 17.3 Å². The number of alkyl halides is 2. The molecule has 0 bridgehead atoms. The molecule has 0 spiro atoms. The van der Waals surface area contributed by atoms with E-state index in [0.717, 1.165) is 17.0 Å². The van der Waals surface area contributed by atoms with Crippen molar-refractivity contribution in [1.29, 1.82) is 0 Å². The van der Waals surface area contributed by atoms with Crippen LogP contribution in [0, 0.1) is 20.8 Å². The van der Waals surface area contributed by atoms with Crippen LogP contribution in [0.5, 0.6) is 5.75 Å². The second-order valence-corrected chi connectivity index (χ2v) is 5.75. The van der Waals surface area contributed by atoms with E-state index in [1.165, 1.54) is 6.07 Å². The van der Waals surface area contributed by atoms with Crippen molar-refractivity contribution in [3.05, 3.63) is 40.7 Å². The van der Waals surface area contributed by atoms with Gasteiger partial charge in [0.25, 0.3) is 0 Å². The Morgan fingerprint density at radius 2 is 1.96 bits per heavy atom. The number of aryl methyl sites for hydroxylation is 3. The maximum absolute atomic E-state index is 12.6. The molecule has 0 radical (unpaired) electrons. The maximum Gasteiger partial charge on any atom is 0.387 e. The molecule has 0 saturated heterocycles. The first-order chi connectivity index (χ1) is 11.2. The zero-order valence-electron chi connectivity index (χ0n) is 14.4. The molecule has 1 atom stereocenters. The van der Waals surface area contributed by atoms with E-state index in [1.807, 2.05) is 20.9 Å². The van der Waals surface area contributed by atoms with Crippen molar-refractivity contribution in [3.63, 3.8) is 0 Å². The predicted octanol–water partition coefficient (Wildman–Crippen LogP) is 3.69. The predicted molar refractivity (Wildman–Crippen MR) is 87.5 cm³/mol. The fraction of sp³-hybridized carbons (Fsp3) is 0.412. The third kappa shape index (κ3) is 3.55. The van der Waals surface area contributed by atoms with Gasteiger partial charge < -0.3 is 10.1 Å². The molecule has 2 rings (SSSR count). The molecule has 0 aliphatic carbocycles. The van der Waals surface area contributed by atoms with Gasteiger partial charge in [0.15, 0.2) is 0 Å². The normalized spacial score (nSPS) is 12.3. The van der Waals surface area contributed by atoms with Crippen molar-refractivity contribution in [2.24, 2.45) is 7.05 Å². The van der Waals surface area contributed by atoms with Crippen molar-refractivity contribution in [3.8, 4) is 5.75 Å². The topological polar surface area (TPSA) is 56.1 Å². The zero-order chi connectivity index (χ0) is 18.0. The standard InChI is InChI=1S/C17H21F2N3O2/c1-9-7-6-8-13(24-17(18)19)15(9)20-16(23)10(2)14-11(3)21-22(5)12(14)4/h6-8,10,17H,1-5H3,(H,20,23). The number of carbonyl (C=O) groups excluding carboxylic acids is 1. The lowest BCUT2D eigenvalue weighted by atomic mass is 9.98. The number of anilines is 1. The fourth-order valence-electron chi connectivity index (χ4n) is 2.77. The molecule has 0 aliphatic rings. The van der Waals surface area contributed by atoms with Gasteiger partial charge in [0, 0.05) is 18.3 Å². The van der Waals surface area contributed by atoms with E-state index in [2.05, 4.69) is 15.2 Å². The van der Waals surface area contributed by atoms with E-state index >= 15 is 0 Å². The van der Waals surface area contributed by atoms with Crippen LogP contribution in [-0.2, 0) is 11.8 Å². The monoisotopic (exact) mass is 337 g/mol. The molecule has 1 aromatic carbocycles. The Balaban J connectivity index is 2.29. The van der Waals surface area contributed by atoms with Crippen molar-refractivity contribution < 1.29 is 18.3 Å². The molecule has 24 heavy (non-hydrogen) atoms. The minimum atomic E-state index is -2.96. The van der Waals surface area contributed by atoms with Gasteiger partial charge in [-0.05, 0) is 39.3 Å². The average molecular weight is 337 g/mol. The van der Waals surface area contributed by atoms with Gasteiger partial charge in [-0.2, -0.15) is 13.9 Å². The highest BCUT2D eigenvalue weighted by Crippen LogP contribution is 2.31. The molecule has 1 N–H and O–H groups in total. The number of rotatable bonds is 5. The lowest BCUT2D eigenvalue weighted by Gasteiger charge is -2.17. The molecule has 2 aromatic rings. The van der Waals surface area contributed by atoms with E-state index in [1.54, 1.807) is 30.7 Å². The molecule has 7 heteroatoms. The van der Waals surface area contributed by atoms with E-state index in [4.69, 9.17) is 0 Å². The van der Waals surface area contributed by atoms with Gasteiger partial charge in [0.05, 0.1) is 17.3 Å². The smallest absolute Gasteiger partial charge is 0.387 e. The largest absolute Gasteiger partial charge is 0.433 e. The second-order valence-electron chi connectivity index (χ2n) is 5.75. The molecule has 1 heterocycles. The number of ether oxygens (including phenoxy) is 1. The van der Waals surface area contributed by atoms with Crippen LogP contribution in [0.15, 0.2) is 18.2 Å². The van der Waals surface area contributed by atoms with Gasteiger partial charge >= 0.3 is 6.61 Å². The van der Waals surface area contributed by atoms with Gasteiger partial charge in [-0.15, -0.1) is 0 Å². The SMILES string of the molecule is Cc1cccc(OC(F)F)c1NC(=O)C(C)c1c(C)nn(C)c1C. The molecule has 0 fully saturated rings. The number of nitrogens with one attached hydrogen (secondary N) is 1. The highest BCUT2D eigenvalue weighted by Gasteiger charge is 2.24. The molecule has 1 aromatic heterocycles. The molecular weight excluding hydrogens is 316 g/mol. The van der Waals surface area contributed by atoms with Gasteiger partial charge in [-0.3, -0.25) is 9.48 Å². The van der Waals surface area contributed by atoms with E-state index in [0.29, 0.717) is 5.56 Å². The third-order valence-corrected chi connectivity index (χ3v) is 4.09. The van der Waals surface area contributed by atoms with Gasteiger partial charge in [-0.25, -0.2) is 0 Å². The number of halogens is 2. The van der Waals surface area contributed by atoms with E-state index < -0.39 is 12.5 Å². The van der Waals surface area contributed by atoms with Crippen LogP contribution in [0.1, 0.15) is 35.4 Å². The highest BCUT2D eigenvalue weighted by molar-refractivity contribution is 5.97. The Bertz CT molecular complexity index is 757. The minimum absolute atomic E-state index is 0.0508. The zero-order valence-corrected chi connectivity index (χ0v) is 14.4. The number of aromatic nitrogens is 2. The van der Waals surface area contributed by atoms with Crippen LogP contribution < -0.4 is 10.1 Å².